The Kier molecular flexibility index (Phi) is 6.13. The van der Waals surface area contributed by atoms with Crippen molar-refractivity contribution < 1.29 is 0 Å². The van der Waals surface area contributed by atoms with Gasteiger partial charge in [-0.25, -0.2) is 4.98 Å². The molecule has 0 aromatic carbocycles. The summed E-state index contributed by atoms with van der Waals surface area (Å²) in [6.45, 7) is 11.8. The molecular formula is C15H27N3. The third kappa shape index (κ3) is 4.65. The molecule has 18 heavy (non-hydrogen) atoms. The van der Waals surface area contributed by atoms with Crippen molar-refractivity contribution in [2.75, 3.05) is 24.5 Å². The first kappa shape index (κ1) is 15.0. The van der Waals surface area contributed by atoms with Gasteiger partial charge in [0.15, 0.2) is 0 Å². The van der Waals surface area contributed by atoms with Gasteiger partial charge in [-0.1, -0.05) is 33.8 Å². The first-order valence-electron chi connectivity index (χ1n) is 6.93. The van der Waals surface area contributed by atoms with E-state index in [1.165, 1.54) is 5.56 Å². The molecular weight excluding hydrogens is 222 g/mol. The number of nitrogens with zero attached hydrogens (tertiary/aromatic N) is 2. The Bertz CT molecular complexity index is 337. The number of hydrogen-bond donors (Lipinski definition) is 1. The highest BCUT2D eigenvalue weighted by Crippen LogP contribution is 2.20. The van der Waals surface area contributed by atoms with E-state index in [1.54, 1.807) is 0 Å². The van der Waals surface area contributed by atoms with Gasteiger partial charge in [0.2, 0.25) is 0 Å². The monoisotopic (exact) mass is 249 g/mol. The maximum atomic E-state index is 5.69. The first-order chi connectivity index (χ1) is 8.54. The van der Waals surface area contributed by atoms with Gasteiger partial charge in [-0.2, -0.15) is 0 Å². The van der Waals surface area contributed by atoms with Gasteiger partial charge in [0.25, 0.3) is 0 Å². The topological polar surface area (TPSA) is 42.2 Å². The summed E-state index contributed by atoms with van der Waals surface area (Å²) in [6, 6.07) is 4.14. The Hall–Kier alpha value is -1.09. The van der Waals surface area contributed by atoms with Crippen LogP contribution in [0.4, 0.5) is 5.82 Å². The van der Waals surface area contributed by atoms with E-state index >= 15 is 0 Å². The normalized spacial score (nSPS) is 11.3. The predicted molar refractivity (Wildman–Crippen MR) is 78.9 cm³/mol. The van der Waals surface area contributed by atoms with Gasteiger partial charge in [-0.05, 0) is 36.4 Å². The summed E-state index contributed by atoms with van der Waals surface area (Å²) in [5.41, 5.74) is 6.95. The first-order valence-corrected chi connectivity index (χ1v) is 6.93. The standard InChI is InChI=1S/C15H27N3/c1-12(2)10-18(11-13(3)4)15-14(7-8-16)6-5-9-17-15/h5-6,9,12-13H,7-8,10-11,16H2,1-4H3. The molecule has 1 heterocycles. The molecule has 0 radical (unpaired) electrons. The molecule has 102 valence electrons. The van der Waals surface area contributed by atoms with Gasteiger partial charge < -0.3 is 10.6 Å². The van der Waals surface area contributed by atoms with E-state index < -0.39 is 0 Å². The molecule has 0 atom stereocenters. The van der Waals surface area contributed by atoms with Gasteiger partial charge >= 0.3 is 0 Å². The number of pyridine rings is 1. The van der Waals surface area contributed by atoms with Crippen LogP contribution >= 0.6 is 0 Å². The molecule has 0 aliphatic heterocycles. The Balaban J connectivity index is 2.95. The minimum atomic E-state index is 0.636. The fourth-order valence-electron chi connectivity index (χ4n) is 2.19. The van der Waals surface area contributed by atoms with Gasteiger partial charge in [-0.15, -0.1) is 0 Å². The lowest BCUT2D eigenvalue weighted by molar-refractivity contribution is 0.547. The molecule has 1 aromatic rings. The number of hydrogen-bond acceptors (Lipinski definition) is 3. The van der Waals surface area contributed by atoms with Gasteiger partial charge in [0.05, 0.1) is 0 Å². The highest BCUT2D eigenvalue weighted by Gasteiger charge is 2.14. The van der Waals surface area contributed by atoms with Gasteiger partial charge in [0.1, 0.15) is 5.82 Å². The molecule has 1 aromatic heterocycles. The van der Waals surface area contributed by atoms with Crippen LogP contribution in [0.2, 0.25) is 0 Å². The van der Waals surface area contributed by atoms with Gasteiger partial charge in [0, 0.05) is 19.3 Å². The summed E-state index contributed by atoms with van der Waals surface area (Å²) in [4.78, 5) is 6.98. The van der Waals surface area contributed by atoms with Crippen LogP contribution in [0.25, 0.3) is 0 Å². The maximum absolute atomic E-state index is 5.69. The molecule has 1 rings (SSSR count). The van der Waals surface area contributed by atoms with Crippen LogP contribution in [-0.4, -0.2) is 24.6 Å². The van der Waals surface area contributed by atoms with E-state index in [0.717, 1.165) is 25.3 Å². The third-order valence-electron chi connectivity index (χ3n) is 2.75. The van der Waals surface area contributed by atoms with Crippen LogP contribution in [0.5, 0.6) is 0 Å². The molecule has 3 nitrogen and oxygen atoms in total. The second-order valence-electron chi connectivity index (χ2n) is 5.72. The Morgan fingerprint density at radius 1 is 1.17 bits per heavy atom. The van der Waals surface area contributed by atoms with Crippen LogP contribution in [-0.2, 0) is 6.42 Å². The van der Waals surface area contributed by atoms with E-state index in [4.69, 9.17) is 5.73 Å². The fraction of sp³-hybridized carbons (Fsp3) is 0.667. The quantitative estimate of drug-likeness (QED) is 0.808. The van der Waals surface area contributed by atoms with Gasteiger partial charge in [-0.3, -0.25) is 0 Å². The highest BCUT2D eigenvalue weighted by atomic mass is 15.2. The number of nitrogens with two attached hydrogens (primary N) is 1. The second kappa shape index (κ2) is 7.37. The maximum Gasteiger partial charge on any atom is 0.131 e. The molecule has 0 bridgehead atoms. The average Bonchev–Trinajstić information content (AvgIpc) is 2.28. The molecule has 0 unspecified atom stereocenters. The molecule has 2 N–H and O–H groups in total. The minimum absolute atomic E-state index is 0.636. The van der Waals surface area contributed by atoms with Crippen LogP contribution < -0.4 is 10.6 Å². The predicted octanol–water partition coefficient (Wildman–Crippen LogP) is 2.70. The fourth-order valence-corrected chi connectivity index (χ4v) is 2.19. The second-order valence-corrected chi connectivity index (χ2v) is 5.72. The van der Waals surface area contributed by atoms with Crippen molar-refractivity contribution in [1.82, 2.24) is 4.98 Å². The van der Waals surface area contributed by atoms with E-state index in [0.29, 0.717) is 18.4 Å². The van der Waals surface area contributed by atoms with Crippen LogP contribution in [0.1, 0.15) is 33.3 Å². The minimum Gasteiger partial charge on any atom is -0.356 e. The summed E-state index contributed by atoms with van der Waals surface area (Å²) in [6.07, 6.45) is 2.78. The lowest BCUT2D eigenvalue weighted by atomic mass is 10.1. The zero-order chi connectivity index (χ0) is 13.5. The smallest absolute Gasteiger partial charge is 0.131 e. The molecule has 0 amide bonds. The molecule has 0 saturated carbocycles. The molecule has 0 fully saturated rings. The lowest BCUT2D eigenvalue weighted by Gasteiger charge is -2.29. The third-order valence-corrected chi connectivity index (χ3v) is 2.75. The van der Waals surface area contributed by atoms with Crippen molar-refractivity contribution in [2.45, 2.75) is 34.1 Å². The van der Waals surface area contributed by atoms with Crippen molar-refractivity contribution >= 4 is 5.82 Å². The molecule has 0 spiro atoms. The summed E-state index contributed by atoms with van der Waals surface area (Å²) >= 11 is 0. The van der Waals surface area contributed by atoms with E-state index in [-0.39, 0.29) is 0 Å². The summed E-state index contributed by atoms with van der Waals surface area (Å²) in [7, 11) is 0. The average molecular weight is 249 g/mol. The zero-order valence-electron chi connectivity index (χ0n) is 12.2. The van der Waals surface area contributed by atoms with Crippen molar-refractivity contribution in [3.8, 4) is 0 Å². The lowest BCUT2D eigenvalue weighted by Crippen LogP contribution is -2.33. The Morgan fingerprint density at radius 2 is 1.78 bits per heavy atom. The number of anilines is 1. The number of rotatable bonds is 7. The van der Waals surface area contributed by atoms with E-state index in [2.05, 4.69) is 43.6 Å². The molecule has 3 heteroatoms. The largest absolute Gasteiger partial charge is 0.356 e. The van der Waals surface area contributed by atoms with Crippen molar-refractivity contribution in [2.24, 2.45) is 17.6 Å². The van der Waals surface area contributed by atoms with Crippen molar-refractivity contribution in [3.63, 3.8) is 0 Å². The van der Waals surface area contributed by atoms with Crippen LogP contribution in [0, 0.1) is 11.8 Å². The van der Waals surface area contributed by atoms with Crippen molar-refractivity contribution in [3.05, 3.63) is 23.9 Å². The number of aromatic nitrogens is 1. The summed E-state index contributed by atoms with van der Waals surface area (Å²) < 4.78 is 0. The Labute approximate surface area is 111 Å². The van der Waals surface area contributed by atoms with E-state index in [9.17, 15) is 0 Å². The molecule has 0 aliphatic carbocycles. The summed E-state index contributed by atoms with van der Waals surface area (Å²) in [5, 5.41) is 0. The zero-order valence-corrected chi connectivity index (χ0v) is 12.2. The highest BCUT2D eigenvalue weighted by molar-refractivity contribution is 5.47. The summed E-state index contributed by atoms with van der Waals surface area (Å²) in [5.74, 6) is 2.39. The van der Waals surface area contributed by atoms with Crippen LogP contribution in [0.3, 0.4) is 0 Å². The molecule has 0 aliphatic rings. The Morgan fingerprint density at radius 3 is 2.28 bits per heavy atom. The SMILES string of the molecule is CC(C)CN(CC(C)C)c1ncccc1CCN. The van der Waals surface area contributed by atoms with E-state index in [1.807, 2.05) is 12.3 Å². The molecule has 0 saturated heterocycles. The van der Waals surface area contributed by atoms with Crippen LogP contribution in [0.15, 0.2) is 18.3 Å². The van der Waals surface area contributed by atoms with Crippen molar-refractivity contribution in [1.29, 1.82) is 0 Å².